The number of piperazine rings is 1. The van der Waals surface area contributed by atoms with Gasteiger partial charge in [-0.05, 0) is 42.7 Å². The van der Waals surface area contributed by atoms with E-state index in [9.17, 15) is 9.59 Å². The van der Waals surface area contributed by atoms with E-state index < -0.39 is 0 Å². The van der Waals surface area contributed by atoms with Gasteiger partial charge in [-0.3, -0.25) is 4.79 Å². The van der Waals surface area contributed by atoms with Crippen molar-refractivity contribution in [3.63, 3.8) is 0 Å². The Hall–Kier alpha value is -2.84. The van der Waals surface area contributed by atoms with Gasteiger partial charge >= 0.3 is 6.03 Å². The summed E-state index contributed by atoms with van der Waals surface area (Å²) in [6.07, 6.45) is 3.80. The monoisotopic (exact) mass is 457 g/mol. The van der Waals surface area contributed by atoms with Crippen LogP contribution in [-0.4, -0.2) is 67.3 Å². The van der Waals surface area contributed by atoms with Gasteiger partial charge in [0.15, 0.2) is 0 Å². The molecule has 0 radical (unpaired) electrons. The van der Waals surface area contributed by atoms with Crippen molar-refractivity contribution in [1.29, 1.82) is 0 Å². The van der Waals surface area contributed by atoms with Gasteiger partial charge in [-0.15, -0.1) is 0 Å². The van der Waals surface area contributed by atoms with Gasteiger partial charge in [0.25, 0.3) is 5.91 Å². The smallest absolute Gasteiger partial charge is 0.317 e. The van der Waals surface area contributed by atoms with E-state index in [0.29, 0.717) is 55.7 Å². The quantitative estimate of drug-likeness (QED) is 0.696. The van der Waals surface area contributed by atoms with Crippen molar-refractivity contribution in [2.45, 2.75) is 25.5 Å². The van der Waals surface area contributed by atoms with Crippen LogP contribution in [0.3, 0.4) is 0 Å². The summed E-state index contributed by atoms with van der Waals surface area (Å²) in [6.45, 7) is 4.05. The molecule has 32 heavy (non-hydrogen) atoms. The molecule has 2 aromatic rings. The average molecular weight is 458 g/mol. The largest absolute Gasteiger partial charge is 0.376 e. The van der Waals surface area contributed by atoms with Gasteiger partial charge in [0.2, 0.25) is 0 Å². The third kappa shape index (κ3) is 5.69. The third-order valence-electron chi connectivity index (χ3n) is 5.77. The molecule has 2 aliphatic rings. The molecule has 1 unspecified atom stereocenters. The van der Waals surface area contributed by atoms with E-state index in [4.69, 9.17) is 16.3 Å². The summed E-state index contributed by atoms with van der Waals surface area (Å²) >= 11 is 5.90. The van der Waals surface area contributed by atoms with E-state index in [1.54, 1.807) is 23.2 Å². The first-order valence-electron chi connectivity index (χ1n) is 11.0. The Morgan fingerprint density at radius 1 is 1.09 bits per heavy atom. The first-order valence-corrected chi connectivity index (χ1v) is 11.3. The molecule has 1 aromatic heterocycles. The molecule has 2 N–H and O–H groups in total. The van der Waals surface area contributed by atoms with Crippen LogP contribution < -0.4 is 15.5 Å². The third-order valence-corrected chi connectivity index (χ3v) is 6.02. The Morgan fingerprint density at radius 2 is 1.88 bits per heavy atom. The van der Waals surface area contributed by atoms with Crippen LogP contribution in [0.15, 0.2) is 42.6 Å². The van der Waals surface area contributed by atoms with Crippen LogP contribution in [0, 0.1) is 0 Å². The van der Waals surface area contributed by atoms with E-state index >= 15 is 0 Å². The highest BCUT2D eigenvalue weighted by Crippen LogP contribution is 2.20. The van der Waals surface area contributed by atoms with Crippen LogP contribution in [-0.2, 0) is 11.3 Å². The van der Waals surface area contributed by atoms with Gasteiger partial charge < -0.3 is 25.2 Å². The predicted octanol–water partition coefficient (Wildman–Crippen LogP) is 2.68. The van der Waals surface area contributed by atoms with Crippen molar-refractivity contribution < 1.29 is 14.3 Å². The number of urea groups is 1. The Morgan fingerprint density at radius 3 is 2.59 bits per heavy atom. The molecule has 3 amide bonds. The summed E-state index contributed by atoms with van der Waals surface area (Å²) in [5.41, 5.74) is 1.54. The maximum Gasteiger partial charge on any atom is 0.317 e. The van der Waals surface area contributed by atoms with Gasteiger partial charge in [0.1, 0.15) is 5.82 Å². The number of hydrogen-bond donors (Lipinski definition) is 2. The van der Waals surface area contributed by atoms with Gasteiger partial charge in [0, 0.05) is 57.1 Å². The van der Waals surface area contributed by atoms with Gasteiger partial charge in [-0.2, -0.15) is 0 Å². The topological polar surface area (TPSA) is 86.8 Å². The highest BCUT2D eigenvalue weighted by atomic mass is 35.5. The number of halogens is 1. The van der Waals surface area contributed by atoms with Crippen molar-refractivity contribution in [2.75, 3.05) is 44.2 Å². The molecular weight excluding hydrogens is 430 g/mol. The second-order valence-corrected chi connectivity index (χ2v) is 8.42. The zero-order valence-corrected chi connectivity index (χ0v) is 18.7. The van der Waals surface area contributed by atoms with Gasteiger partial charge in [-0.1, -0.05) is 23.7 Å². The van der Waals surface area contributed by atoms with E-state index in [1.807, 2.05) is 24.3 Å². The summed E-state index contributed by atoms with van der Waals surface area (Å²) in [5.74, 6) is 0.505. The second-order valence-electron chi connectivity index (χ2n) is 7.98. The van der Waals surface area contributed by atoms with Crippen LogP contribution in [0.1, 0.15) is 28.8 Å². The molecule has 4 rings (SSSR count). The van der Waals surface area contributed by atoms with E-state index in [2.05, 4.69) is 20.5 Å². The number of hydrogen-bond acceptors (Lipinski definition) is 5. The van der Waals surface area contributed by atoms with Gasteiger partial charge in [-0.25, -0.2) is 9.78 Å². The molecule has 3 heterocycles. The molecule has 0 saturated carbocycles. The number of carbonyl (C=O) groups is 2. The molecule has 1 aromatic carbocycles. The number of amides is 3. The van der Waals surface area contributed by atoms with E-state index in [1.165, 1.54) is 0 Å². The summed E-state index contributed by atoms with van der Waals surface area (Å²) in [4.78, 5) is 33.6. The average Bonchev–Trinajstić information content (AvgIpc) is 3.36. The minimum Gasteiger partial charge on any atom is -0.376 e. The minimum atomic E-state index is -0.147. The highest BCUT2D eigenvalue weighted by molar-refractivity contribution is 6.30. The summed E-state index contributed by atoms with van der Waals surface area (Å²) < 4.78 is 5.58. The molecule has 2 aliphatic heterocycles. The molecule has 8 nitrogen and oxygen atoms in total. The molecule has 0 bridgehead atoms. The molecule has 0 aliphatic carbocycles. The lowest BCUT2D eigenvalue weighted by atomic mass is 10.2. The van der Waals surface area contributed by atoms with Crippen molar-refractivity contribution in [3.05, 3.63) is 58.7 Å². The number of rotatable bonds is 6. The second kappa shape index (κ2) is 10.7. The zero-order valence-electron chi connectivity index (χ0n) is 17.9. The maximum absolute atomic E-state index is 12.8. The molecular formula is C23H28ClN5O3. The van der Waals surface area contributed by atoms with Crippen LogP contribution in [0.4, 0.5) is 10.6 Å². The van der Waals surface area contributed by atoms with Gasteiger partial charge in [0.05, 0.1) is 11.7 Å². The van der Waals surface area contributed by atoms with Crippen molar-refractivity contribution in [1.82, 2.24) is 20.5 Å². The number of nitrogens with zero attached hydrogens (tertiary/aromatic N) is 3. The van der Waals surface area contributed by atoms with Crippen LogP contribution >= 0.6 is 11.6 Å². The van der Waals surface area contributed by atoms with Crippen molar-refractivity contribution in [2.24, 2.45) is 0 Å². The number of aromatic nitrogens is 1. The summed E-state index contributed by atoms with van der Waals surface area (Å²) in [5, 5.41) is 6.59. The standard InChI is InChI=1S/C23H28ClN5O3/c24-18-7-5-17(6-8-18)15-27-23(31)29-12-10-28(11-13-29)21-20(4-1-9-25-21)22(30)26-16-19-3-2-14-32-19/h1,4-9,19H,2-3,10-16H2,(H,26,30)(H,27,31). The van der Waals surface area contributed by atoms with Crippen LogP contribution in [0.2, 0.25) is 5.02 Å². The number of benzene rings is 1. The number of ether oxygens (including phenoxy) is 1. The minimum absolute atomic E-state index is 0.0917. The summed E-state index contributed by atoms with van der Waals surface area (Å²) in [7, 11) is 0. The van der Waals surface area contributed by atoms with Crippen molar-refractivity contribution >= 4 is 29.4 Å². The SMILES string of the molecule is O=C(NCC1CCCO1)c1cccnc1N1CCN(C(=O)NCc2ccc(Cl)cc2)CC1. The molecule has 2 saturated heterocycles. The fourth-order valence-electron chi connectivity index (χ4n) is 3.95. The fourth-order valence-corrected chi connectivity index (χ4v) is 4.07. The molecule has 2 fully saturated rings. The lowest BCUT2D eigenvalue weighted by Crippen LogP contribution is -2.52. The van der Waals surface area contributed by atoms with Crippen LogP contribution in [0.25, 0.3) is 0 Å². The zero-order chi connectivity index (χ0) is 22.3. The normalized spacial score (nSPS) is 18.5. The maximum atomic E-state index is 12.8. The Balaban J connectivity index is 1.29. The number of anilines is 1. The predicted molar refractivity (Wildman–Crippen MR) is 123 cm³/mol. The van der Waals surface area contributed by atoms with E-state index in [-0.39, 0.29) is 18.0 Å². The summed E-state index contributed by atoms with van der Waals surface area (Å²) in [6, 6.07) is 10.9. The molecule has 0 spiro atoms. The van der Waals surface area contributed by atoms with E-state index in [0.717, 1.165) is 25.0 Å². The number of carbonyl (C=O) groups excluding carboxylic acids is 2. The first kappa shape index (κ1) is 22.4. The Bertz CT molecular complexity index is 925. The molecule has 1 atom stereocenters. The number of nitrogens with one attached hydrogen (secondary N) is 2. The number of pyridine rings is 1. The van der Waals surface area contributed by atoms with Crippen molar-refractivity contribution in [3.8, 4) is 0 Å². The molecule has 170 valence electrons. The Labute approximate surface area is 192 Å². The first-order chi connectivity index (χ1) is 15.6. The lowest BCUT2D eigenvalue weighted by molar-refractivity contribution is 0.0857. The fraction of sp³-hybridized carbons (Fsp3) is 0.435. The highest BCUT2D eigenvalue weighted by Gasteiger charge is 2.25. The molecule has 9 heteroatoms. The van der Waals surface area contributed by atoms with Crippen LogP contribution in [0.5, 0.6) is 0 Å². The Kier molecular flexibility index (Phi) is 7.44. The lowest BCUT2D eigenvalue weighted by Gasteiger charge is -2.36.